The molecule has 0 spiro atoms. The first-order valence-electron chi connectivity index (χ1n) is 6.78. The zero-order chi connectivity index (χ0) is 16.2. The Morgan fingerprint density at radius 1 is 1.33 bits per heavy atom. The van der Waals surface area contributed by atoms with E-state index in [-0.39, 0.29) is 18.4 Å². The second-order valence-corrected chi connectivity index (χ2v) is 6.09. The monoisotopic (exact) mass is 297 g/mol. The van der Waals surface area contributed by atoms with Gasteiger partial charge in [-0.1, -0.05) is 20.8 Å². The number of hydrogen-bond donors (Lipinski definition) is 3. The van der Waals surface area contributed by atoms with Crippen molar-refractivity contribution in [2.75, 3.05) is 0 Å². The van der Waals surface area contributed by atoms with Crippen LogP contribution < -0.4 is 10.6 Å². The molecule has 0 fully saturated rings. The van der Waals surface area contributed by atoms with E-state index in [1.807, 2.05) is 27.7 Å². The normalized spacial score (nSPS) is 12.8. The van der Waals surface area contributed by atoms with E-state index in [1.54, 1.807) is 6.92 Å². The van der Waals surface area contributed by atoms with Crippen molar-refractivity contribution in [1.82, 2.24) is 15.6 Å². The Morgan fingerprint density at radius 3 is 2.38 bits per heavy atom. The largest absolute Gasteiger partial charge is 0.481 e. The third kappa shape index (κ3) is 5.45. The van der Waals surface area contributed by atoms with Gasteiger partial charge in [-0.3, -0.25) is 4.79 Å². The lowest BCUT2D eigenvalue weighted by Crippen LogP contribution is -2.48. The molecule has 1 aromatic heterocycles. The molecule has 2 amide bonds. The van der Waals surface area contributed by atoms with Crippen LogP contribution in [0.4, 0.5) is 4.79 Å². The van der Waals surface area contributed by atoms with Crippen LogP contribution in [0.3, 0.4) is 0 Å². The predicted molar refractivity (Wildman–Crippen MR) is 76.8 cm³/mol. The molecule has 1 atom stereocenters. The summed E-state index contributed by atoms with van der Waals surface area (Å²) in [6.07, 6.45) is -0.131. The van der Waals surface area contributed by atoms with Gasteiger partial charge in [0.25, 0.3) is 0 Å². The lowest BCUT2D eigenvalue weighted by Gasteiger charge is -2.30. The van der Waals surface area contributed by atoms with Gasteiger partial charge in [0.15, 0.2) is 0 Å². The van der Waals surface area contributed by atoms with Crippen molar-refractivity contribution < 1.29 is 19.1 Å². The first-order valence-corrected chi connectivity index (χ1v) is 6.78. The SMILES string of the molecule is Cc1nc(CNC(=O)NC(CC(=O)O)C(C)(C)C)oc1C. The minimum Gasteiger partial charge on any atom is -0.481 e. The molecule has 7 heteroatoms. The minimum absolute atomic E-state index is 0.131. The molecule has 0 saturated heterocycles. The Hall–Kier alpha value is -2.05. The van der Waals surface area contributed by atoms with Gasteiger partial charge in [-0.2, -0.15) is 0 Å². The number of carbonyl (C=O) groups excluding carboxylic acids is 1. The molecule has 0 aliphatic carbocycles. The van der Waals surface area contributed by atoms with Crippen LogP contribution in [0.15, 0.2) is 4.42 Å². The number of hydrogen-bond acceptors (Lipinski definition) is 4. The second kappa shape index (κ2) is 6.60. The molecular weight excluding hydrogens is 274 g/mol. The van der Waals surface area contributed by atoms with E-state index in [2.05, 4.69) is 15.6 Å². The maximum Gasteiger partial charge on any atom is 0.315 e. The number of nitrogens with one attached hydrogen (secondary N) is 2. The maximum absolute atomic E-state index is 11.9. The van der Waals surface area contributed by atoms with Crippen molar-refractivity contribution in [3.05, 3.63) is 17.3 Å². The number of aryl methyl sites for hydroxylation is 2. The molecule has 118 valence electrons. The number of nitrogens with zero attached hydrogens (tertiary/aromatic N) is 1. The average Bonchev–Trinajstić information content (AvgIpc) is 2.64. The van der Waals surface area contributed by atoms with Crippen LogP contribution in [0, 0.1) is 19.3 Å². The van der Waals surface area contributed by atoms with E-state index < -0.39 is 18.0 Å². The van der Waals surface area contributed by atoms with Gasteiger partial charge in [-0.25, -0.2) is 9.78 Å². The molecule has 7 nitrogen and oxygen atoms in total. The van der Waals surface area contributed by atoms with Gasteiger partial charge in [0, 0.05) is 6.04 Å². The minimum atomic E-state index is -0.950. The molecule has 1 aromatic rings. The van der Waals surface area contributed by atoms with Crippen LogP contribution in [0.5, 0.6) is 0 Å². The first kappa shape index (κ1) is 17.0. The van der Waals surface area contributed by atoms with Crippen LogP contribution in [0.1, 0.15) is 44.5 Å². The van der Waals surface area contributed by atoms with Crippen LogP contribution in [0.25, 0.3) is 0 Å². The molecule has 0 aliphatic rings. The van der Waals surface area contributed by atoms with Gasteiger partial charge in [0.05, 0.1) is 18.7 Å². The highest BCUT2D eigenvalue weighted by atomic mass is 16.4. The maximum atomic E-state index is 11.9. The fraction of sp³-hybridized carbons (Fsp3) is 0.643. The zero-order valence-electron chi connectivity index (χ0n) is 13.1. The lowest BCUT2D eigenvalue weighted by atomic mass is 9.85. The summed E-state index contributed by atoms with van der Waals surface area (Å²) < 4.78 is 5.35. The van der Waals surface area contributed by atoms with E-state index in [0.29, 0.717) is 11.7 Å². The topological polar surface area (TPSA) is 104 Å². The van der Waals surface area contributed by atoms with Crippen molar-refractivity contribution >= 4 is 12.0 Å². The fourth-order valence-corrected chi connectivity index (χ4v) is 1.73. The number of aromatic nitrogens is 1. The molecule has 0 saturated carbocycles. The van der Waals surface area contributed by atoms with Crippen molar-refractivity contribution in [2.45, 2.75) is 53.6 Å². The highest BCUT2D eigenvalue weighted by Gasteiger charge is 2.28. The summed E-state index contributed by atoms with van der Waals surface area (Å²) >= 11 is 0. The van der Waals surface area contributed by atoms with E-state index in [9.17, 15) is 9.59 Å². The van der Waals surface area contributed by atoms with E-state index in [0.717, 1.165) is 5.69 Å². The number of carbonyl (C=O) groups is 2. The standard InChI is InChI=1S/C14H23N3O4/c1-8-9(2)21-11(16-8)7-15-13(20)17-10(6-12(18)19)14(3,4)5/h10H,6-7H2,1-5H3,(H,18,19)(H2,15,17,20). The summed E-state index contributed by atoms with van der Waals surface area (Å²) in [5, 5.41) is 14.2. The third-order valence-corrected chi connectivity index (χ3v) is 3.20. The van der Waals surface area contributed by atoms with Gasteiger partial charge in [-0.15, -0.1) is 0 Å². The lowest BCUT2D eigenvalue weighted by molar-refractivity contribution is -0.138. The Labute approximate surface area is 124 Å². The quantitative estimate of drug-likeness (QED) is 0.770. The number of carboxylic acids is 1. The Balaban J connectivity index is 2.56. The van der Waals surface area contributed by atoms with Gasteiger partial charge < -0.3 is 20.2 Å². The Bertz CT molecular complexity index is 497. The molecule has 1 unspecified atom stereocenters. The highest BCUT2D eigenvalue weighted by molar-refractivity contribution is 5.75. The van der Waals surface area contributed by atoms with E-state index in [4.69, 9.17) is 9.52 Å². The van der Waals surface area contributed by atoms with Crippen molar-refractivity contribution in [3.8, 4) is 0 Å². The number of amides is 2. The van der Waals surface area contributed by atoms with Gasteiger partial charge in [0.2, 0.25) is 5.89 Å². The second-order valence-electron chi connectivity index (χ2n) is 6.09. The number of aliphatic carboxylic acids is 1. The zero-order valence-corrected chi connectivity index (χ0v) is 13.1. The number of urea groups is 1. The number of rotatable bonds is 5. The van der Waals surface area contributed by atoms with Crippen LogP contribution >= 0.6 is 0 Å². The van der Waals surface area contributed by atoms with Gasteiger partial charge >= 0.3 is 12.0 Å². The van der Waals surface area contributed by atoms with Crippen molar-refractivity contribution in [2.24, 2.45) is 5.41 Å². The van der Waals surface area contributed by atoms with E-state index in [1.165, 1.54) is 0 Å². The molecule has 3 N–H and O–H groups in total. The van der Waals surface area contributed by atoms with Crippen molar-refractivity contribution in [1.29, 1.82) is 0 Å². The summed E-state index contributed by atoms with van der Waals surface area (Å²) in [5.74, 6) is 0.186. The average molecular weight is 297 g/mol. The van der Waals surface area contributed by atoms with E-state index >= 15 is 0 Å². The third-order valence-electron chi connectivity index (χ3n) is 3.20. The number of carboxylic acid groups (broad SMARTS) is 1. The molecule has 0 radical (unpaired) electrons. The summed E-state index contributed by atoms with van der Waals surface area (Å²) in [5.41, 5.74) is 0.428. The molecule has 1 heterocycles. The van der Waals surface area contributed by atoms with Crippen molar-refractivity contribution in [3.63, 3.8) is 0 Å². The van der Waals surface area contributed by atoms with Gasteiger partial charge in [-0.05, 0) is 19.3 Å². The summed E-state index contributed by atoms with van der Waals surface area (Å²) in [6, 6.07) is -0.910. The molecule has 1 rings (SSSR count). The fourth-order valence-electron chi connectivity index (χ4n) is 1.73. The molecule has 0 bridgehead atoms. The molecule has 21 heavy (non-hydrogen) atoms. The Kier molecular flexibility index (Phi) is 5.34. The molecular formula is C14H23N3O4. The first-order chi connectivity index (χ1) is 9.59. The van der Waals surface area contributed by atoms with Gasteiger partial charge in [0.1, 0.15) is 5.76 Å². The smallest absolute Gasteiger partial charge is 0.315 e. The van der Waals surface area contributed by atoms with Crippen LogP contribution in [-0.4, -0.2) is 28.1 Å². The highest BCUT2D eigenvalue weighted by Crippen LogP contribution is 2.21. The predicted octanol–water partition coefficient (Wildman–Crippen LogP) is 1.98. The van der Waals surface area contributed by atoms with Crippen LogP contribution in [-0.2, 0) is 11.3 Å². The molecule has 0 aromatic carbocycles. The number of oxazole rings is 1. The Morgan fingerprint density at radius 2 is 1.95 bits per heavy atom. The summed E-state index contributed by atoms with van der Waals surface area (Å²) in [7, 11) is 0. The molecule has 0 aliphatic heterocycles. The summed E-state index contributed by atoms with van der Waals surface area (Å²) in [6.45, 7) is 9.41. The van der Waals surface area contributed by atoms with Crippen LogP contribution in [0.2, 0.25) is 0 Å². The summed E-state index contributed by atoms with van der Waals surface area (Å²) in [4.78, 5) is 26.9.